The summed E-state index contributed by atoms with van der Waals surface area (Å²) in [6.45, 7) is -2.72. The summed E-state index contributed by atoms with van der Waals surface area (Å²) in [6, 6.07) is -0.865. The van der Waals surface area contributed by atoms with Crippen LogP contribution in [0, 0.1) is 0 Å². The van der Waals surface area contributed by atoms with Crippen molar-refractivity contribution in [2.24, 2.45) is 5.73 Å². The van der Waals surface area contributed by atoms with Crippen molar-refractivity contribution in [1.82, 2.24) is 0 Å². The highest BCUT2D eigenvalue weighted by Gasteiger charge is 2.25. The molecule has 0 aromatic carbocycles. The van der Waals surface area contributed by atoms with Crippen LogP contribution in [-0.4, -0.2) is 67.5 Å². The molecule has 0 aliphatic rings. The molecule has 0 amide bonds. The van der Waals surface area contributed by atoms with Crippen molar-refractivity contribution in [1.29, 1.82) is 0 Å². The topological polar surface area (TPSA) is 102 Å². The van der Waals surface area contributed by atoms with Gasteiger partial charge >= 0.3 is 7.82 Å². The number of hydrogen-bond donors (Lipinski definition) is 3. The van der Waals surface area contributed by atoms with E-state index in [2.05, 4.69) is 0 Å². The molecular formula is C23H50N2O5P+. The van der Waals surface area contributed by atoms with E-state index < -0.39 is 39.6 Å². The van der Waals surface area contributed by atoms with Crippen LogP contribution in [0.4, 0.5) is 0 Å². The van der Waals surface area contributed by atoms with Gasteiger partial charge in [-0.3, -0.25) is 9.05 Å². The molecule has 8 heteroatoms. The molecule has 0 saturated carbocycles. The largest absolute Gasteiger partial charge is 0.472 e. The van der Waals surface area contributed by atoms with E-state index in [1.54, 1.807) is 6.08 Å². The Morgan fingerprint density at radius 1 is 1.06 bits per heavy atom. The Bertz CT molecular complexity index is 734. The first-order valence-corrected chi connectivity index (χ1v) is 12.7. The van der Waals surface area contributed by atoms with Gasteiger partial charge < -0.3 is 20.2 Å². The van der Waals surface area contributed by atoms with Crippen molar-refractivity contribution in [3.8, 4) is 0 Å². The lowest BCUT2D eigenvalue weighted by Gasteiger charge is -2.24. The van der Waals surface area contributed by atoms with Gasteiger partial charge in [0.2, 0.25) is 0 Å². The smallest absolute Gasteiger partial charge is 0.387 e. The lowest BCUT2D eigenvalue weighted by Crippen LogP contribution is -2.38. The summed E-state index contributed by atoms with van der Waals surface area (Å²) in [5, 5.41) is 10.1. The summed E-state index contributed by atoms with van der Waals surface area (Å²) in [5.74, 6) is 0. The predicted molar refractivity (Wildman–Crippen MR) is 129 cm³/mol. The molecule has 0 aliphatic carbocycles. The maximum Gasteiger partial charge on any atom is 0.472 e. The monoisotopic (exact) mass is 472 g/mol. The lowest BCUT2D eigenvalue weighted by atomic mass is 10.0. The highest BCUT2D eigenvalue weighted by atomic mass is 31.2. The first-order chi connectivity index (χ1) is 17.2. The van der Waals surface area contributed by atoms with Crippen LogP contribution in [0.2, 0.25) is 0 Å². The first kappa shape index (κ1) is 20.1. The fraction of sp³-hybridized carbons (Fsp3) is 0.913. The van der Waals surface area contributed by atoms with Gasteiger partial charge in [0.1, 0.15) is 13.2 Å². The van der Waals surface area contributed by atoms with Gasteiger partial charge in [0.05, 0.1) is 39.9 Å². The Morgan fingerprint density at radius 2 is 1.65 bits per heavy atom. The van der Waals surface area contributed by atoms with Crippen molar-refractivity contribution in [3.05, 3.63) is 12.2 Å². The number of likely N-dealkylation sites (N-methyl/N-ethyl adjacent to an activating group) is 1. The minimum Gasteiger partial charge on any atom is -0.387 e. The van der Waals surface area contributed by atoms with E-state index >= 15 is 0 Å². The van der Waals surface area contributed by atoms with Crippen molar-refractivity contribution in [3.63, 3.8) is 0 Å². The molecule has 7 nitrogen and oxygen atoms in total. The van der Waals surface area contributed by atoms with Crippen LogP contribution in [0.3, 0.4) is 0 Å². The molecule has 0 radical (unpaired) electrons. The summed E-state index contributed by atoms with van der Waals surface area (Å²) in [6.07, 6.45) is 4.81. The van der Waals surface area contributed by atoms with Crippen molar-refractivity contribution in [2.45, 2.75) is 96.0 Å². The maximum absolute atomic E-state index is 11.9. The molecule has 0 bridgehead atoms. The zero-order chi connectivity index (χ0) is 29.7. The van der Waals surface area contributed by atoms with Gasteiger partial charge in [-0.2, -0.15) is 0 Å². The molecule has 4 N–H and O–H groups in total. The Morgan fingerprint density at radius 3 is 2.23 bits per heavy atom. The second-order valence-corrected chi connectivity index (χ2v) is 10.3. The van der Waals surface area contributed by atoms with Crippen LogP contribution in [0.5, 0.6) is 0 Å². The minimum atomic E-state index is -4.23. The Kier molecular flexibility index (Phi) is 11.8. The number of hydrogen-bond acceptors (Lipinski definition) is 5. The van der Waals surface area contributed by atoms with Crippen LogP contribution >= 0.6 is 7.82 Å². The van der Waals surface area contributed by atoms with Gasteiger partial charge in [0, 0.05) is 9.60 Å². The van der Waals surface area contributed by atoms with Crippen molar-refractivity contribution in [2.75, 3.05) is 40.9 Å². The molecule has 0 rings (SSSR count). The number of quaternary nitrogens is 1. The third kappa shape index (κ3) is 21.3. The van der Waals surface area contributed by atoms with E-state index in [1.807, 2.05) is 27.2 Å². The summed E-state index contributed by atoms with van der Waals surface area (Å²) in [4.78, 5) is 9.71. The number of rotatable bonds is 21. The normalized spacial score (nSPS) is 21.2. The fourth-order valence-corrected chi connectivity index (χ4v) is 3.47. The Balaban J connectivity index is 3.92. The third-order valence-electron chi connectivity index (χ3n) is 4.73. The van der Waals surface area contributed by atoms with Crippen molar-refractivity contribution >= 4 is 7.82 Å². The fourth-order valence-electron chi connectivity index (χ4n) is 2.72. The van der Waals surface area contributed by atoms with Crippen LogP contribution < -0.4 is 5.73 Å². The molecule has 3 atom stereocenters. The van der Waals surface area contributed by atoms with Crippen LogP contribution in [0.25, 0.3) is 0 Å². The number of unbranched alkanes of at least 4 members (excludes halogenated alkanes) is 8. The Hall–Kier alpha value is -0.270. The number of nitrogens with zero attached hydrogens (tertiary/aromatic N) is 1. The Labute approximate surface area is 201 Å². The molecule has 186 valence electrons. The number of aliphatic hydroxyl groups excluding tert-OH is 1. The summed E-state index contributed by atoms with van der Waals surface area (Å²) in [5.41, 5.74) is 5.84. The highest BCUT2D eigenvalue weighted by Crippen LogP contribution is 2.43. The number of nitrogens with two attached hydrogens (primary N) is 1. The number of aliphatic hydroxyl groups is 1. The second kappa shape index (κ2) is 18.2. The van der Waals surface area contributed by atoms with E-state index in [9.17, 15) is 14.6 Å². The van der Waals surface area contributed by atoms with E-state index in [1.165, 1.54) is 0 Å². The van der Waals surface area contributed by atoms with Gasteiger partial charge in [-0.15, -0.1) is 0 Å². The van der Waals surface area contributed by atoms with Crippen LogP contribution in [0.1, 0.15) is 93.4 Å². The van der Waals surface area contributed by atoms with Gasteiger partial charge in [-0.25, -0.2) is 4.57 Å². The predicted octanol–water partition coefficient (Wildman–Crippen LogP) is 4.77. The van der Waals surface area contributed by atoms with Crippen LogP contribution in [0.15, 0.2) is 12.2 Å². The third-order valence-corrected chi connectivity index (χ3v) is 5.71. The molecule has 1 unspecified atom stereocenters. The van der Waals surface area contributed by atoms with Gasteiger partial charge in [0.25, 0.3) is 0 Å². The second-order valence-electron chi connectivity index (χ2n) is 8.86. The molecule has 0 aromatic rings. The van der Waals surface area contributed by atoms with Crippen molar-refractivity contribution < 1.29 is 37.7 Å². The van der Waals surface area contributed by atoms with Gasteiger partial charge in [-0.05, 0) is 12.8 Å². The van der Waals surface area contributed by atoms with Crippen LogP contribution in [-0.2, 0) is 13.6 Å². The molecule has 0 aliphatic heterocycles. The number of allylic oxidation sites excluding steroid dienone is 1. The summed E-state index contributed by atoms with van der Waals surface area (Å²) in [7, 11) is 1.56. The molecule has 0 saturated heterocycles. The summed E-state index contributed by atoms with van der Waals surface area (Å²) >= 11 is 0. The molecule has 0 heterocycles. The van der Waals surface area contributed by atoms with E-state index in [-0.39, 0.29) is 19.6 Å². The molecule has 31 heavy (non-hydrogen) atoms. The first-order valence-electron chi connectivity index (χ1n) is 14.7. The molecule has 0 spiro atoms. The average Bonchev–Trinajstić information content (AvgIpc) is 2.76. The number of phosphoric ester groups is 1. The van der Waals surface area contributed by atoms with Gasteiger partial charge in [-0.1, -0.05) is 83.1 Å². The zero-order valence-corrected chi connectivity index (χ0v) is 20.5. The van der Waals surface area contributed by atoms with E-state index in [0.29, 0.717) is 17.4 Å². The standard InChI is InChI=1S/C23H49N2O5P/c1-5-6-7-8-9-10-11-12-13-14-15-16-17-18-23(26)22(24)21-30-31(27,28)29-20-19-25(2,3)4/h17-18,22-23,26H,5-16,19-21,24H2,1-4H3/p+1/b18-17+/t22-,23+/m0/s1/i1D3,5D2,6D2. The highest BCUT2D eigenvalue weighted by molar-refractivity contribution is 7.47. The van der Waals surface area contributed by atoms with E-state index in [0.717, 1.165) is 51.4 Å². The number of phosphoric acid groups is 1. The minimum absolute atomic E-state index is 0.0576. The molecule has 0 aromatic heterocycles. The maximum atomic E-state index is 11.9. The SMILES string of the molecule is [2H]C([2H])([2H])C([2H])([2H])C([2H])([2H])CCCCCCCCCC/C=C/[C@@H](O)[C@@H](N)COP(=O)(O)OCC[N+](C)(C)C. The van der Waals surface area contributed by atoms with E-state index in [4.69, 9.17) is 24.4 Å². The quantitative estimate of drug-likeness (QED) is 0.0962. The summed E-state index contributed by atoms with van der Waals surface area (Å²) < 4.78 is 74.8. The zero-order valence-electron chi connectivity index (χ0n) is 26.6. The van der Waals surface area contributed by atoms with Gasteiger partial charge in [0.15, 0.2) is 0 Å². The lowest BCUT2D eigenvalue weighted by molar-refractivity contribution is -0.870. The molecule has 0 fully saturated rings. The molecular weight excluding hydrogens is 415 g/mol. The average molecular weight is 473 g/mol.